The van der Waals surface area contributed by atoms with Crippen LogP contribution in [0, 0.1) is 0 Å². The van der Waals surface area contributed by atoms with E-state index in [0.717, 1.165) is 10.7 Å². The van der Waals surface area contributed by atoms with Crippen LogP contribution in [-0.4, -0.2) is 51.7 Å². The van der Waals surface area contributed by atoms with Crippen LogP contribution in [0.15, 0.2) is 28.7 Å². The van der Waals surface area contributed by atoms with Gasteiger partial charge in [-0.2, -0.15) is 0 Å². The summed E-state index contributed by atoms with van der Waals surface area (Å²) in [5, 5.41) is 2.75. The fraction of sp³-hybridized carbons (Fsp3) is 0.500. The van der Waals surface area contributed by atoms with Crippen LogP contribution < -0.4 is 5.32 Å². The molecule has 1 amide bonds. The zero-order valence-corrected chi connectivity index (χ0v) is 15.1. The van der Waals surface area contributed by atoms with Crippen molar-refractivity contribution in [2.24, 2.45) is 0 Å². The average molecular weight is 393 g/mol. The van der Waals surface area contributed by atoms with E-state index >= 15 is 0 Å². The number of para-hydroxylation sites is 1. The average Bonchev–Trinajstić information content (AvgIpc) is 2.44. The third-order valence-corrected chi connectivity index (χ3v) is 4.96. The number of anilines is 1. The van der Waals surface area contributed by atoms with E-state index in [1.54, 1.807) is 13.2 Å². The SMILES string of the molecule is COCCCN(CCC(=O)Nc1ccccc1Br)S(C)(=O)=O. The van der Waals surface area contributed by atoms with Crippen molar-refractivity contribution in [2.45, 2.75) is 12.8 Å². The highest BCUT2D eigenvalue weighted by molar-refractivity contribution is 9.10. The number of benzene rings is 1. The van der Waals surface area contributed by atoms with Crippen LogP contribution in [0.2, 0.25) is 0 Å². The Labute approximate surface area is 140 Å². The van der Waals surface area contributed by atoms with Crippen LogP contribution in [0.1, 0.15) is 12.8 Å². The van der Waals surface area contributed by atoms with Gasteiger partial charge in [-0.1, -0.05) is 12.1 Å². The van der Waals surface area contributed by atoms with E-state index in [9.17, 15) is 13.2 Å². The minimum atomic E-state index is -3.33. The van der Waals surface area contributed by atoms with Crippen LogP contribution in [0.25, 0.3) is 0 Å². The van der Waals surface area contributed by atoms with Crippen LogP contribution in [-0.2, 0) is 19.6 Å². The summed E-state index contributed by atoms with van der Waals surface area (Å²) in [6, 6.07) is 7.26. The number of amides is 1. The van der Waals surface area contributed by atoms with Crippen LogP contribution in [0.4, 0.5) is 5.69 Å². The molecular formula is C14H21BrN2O4S. The molecule has 0 saturated heterocycles. The normalized spacial score (nSPS) is 11.6. The van der Waals surface area contributed by atoms with Gasteiger partial charge in [-0.25, -0.2) is 12.7 Å². The Kier molecular flexibility index (Phi) is 8.02. The van der Waals surface area contributed by atoms with E-state index in [1.165, 1.54) is 4.31 Å². The molecule has 0 aliphatic carbocycles. The van der Waals surface area contributed by atoms with Crippen molar-refractivity contribution in [1.82, 2.24) is 4.31 Å². The van der Waals surface area contributed by atoms with Crippen LogP contribution in [0.5, 0.6) is 0 Å². The van der Waals surface area contributed by atoms with E-state index in [-0.39, 0.29) is 18.9 Å². The van der Waals surface area contributed by atoms with E-state index in [4.69, 9.17) is 4.74 Å². The van der Waals surface area contributed by atoms with Crippen molar-refractivity contribution in [3.63, 3.8) is 0 Å². The summed E-state index contributed by atoms with van der Waals surface area (Å²) in [7, 11) is -1.77. The van der Waals surface area contributed by atoms with E-state index in [0.29, 0.717) is 25.3 Å². The maximum absolute atomic E-state index is 11.9. The second-order valence-corrected chi connectivity index (χ2v) is 7.62. The molecule has 1 N–H and O–H groups in total. The molecule has 0 unspecified atom stereocenters. The highest BCUT2D eigenvalue weighted by Crippen LogP contribution is 2.21. The van der Waals surface area contributed by atoms with Gasteiger partial charge < -0.3 is 10.1 Å². The summed E-state index contributed by atoms with van der Waals surface area (Å²) in [6.07, 6.45) is 1.84. The number of carbonyl (C=O) groups excluding carboxylic acids is 1. The zero-order chi connectivity index (χ0) is 16.6. The number of hydrogen-bond acceptors (Lipinski definition) is 4. The second-order valence-electron chi connectivity index (χ2n) is 4.79. The van der Waals surface area contributed by atoms with Gasteiger partial charge in [0.15, 0.2) is 0 Å². The van der Waals surface area contributed by atoms with Gasteiger partial charge >= 0.3 is 0 Å². The Balaban J connectivity index is 2.53. The Morgan fingerprint density at radius 2 is 2.00 bits per heavy atom. The second kappa shape index (κ2) is 9.24. The van der Waals surface area contributed by atoms with Gasteiger partial charge in [-0.05, 0) is 34.5 Å². The Morgan fingerprint density at radius 3 is 2.59 bits per heavy atom. The Morgan fingerprint density at radius 1 is 1.32 bits per heavy atom. The molecule has 124 valence electrons. The first-order valence-corrected chi connectivity index (χ1v) is 9.47. The number of rotatable bonds is 9. The lowest BCUT2D eigenvalue weighted by Gasteiger charge is -2.19. The number of nitrogens with zero attached hydrogens (tertiary/aromatic N) is 1. The summed E-state index contributed by atoms with van der Waals surface area (Å²) in [5.41, 5.74) is 0.665. The summed E-state index contributed by atoms with van der Waals surface area (Å²) in [4.78, 5) is 11.9. The number of nitrogens with one attached hydrogen (secondary N) is 1. The lowest BCUT2D eigenvalue weighted by atomic mass is 10.3. The topological polar surface area (TPSA) is 75.7 Å². The first-order valence-electron chi connectivity index (χ1n) is 6.83. The summed E-state index contributed by atoms with van der Waals surface area (Å²) in [5.74, 6) is -0.229. The highest BCUT2D eigenvalue weighted by atomic mass is 79.9. The van der Waals surface area contributed by atoms with Crippen molar-refractivity contribution in [3.05, 3.63) is 28.7 Å². The monoisotopic (exact) mass is 392 g/mol. The largest absolute Gasteiger partial charge is 0.385 e. The first-order chi connectivity index (χ1) is 10.3. The summed E-state index contributed by atoms with van der Waals surface area (Å²) >= 11 is 3.34. The predicted octanol–water partition coefficient (Wildman–Crippen LogP) is 2.08. The predicted molar refractivity (Wildman–Crippen MR) is 90.3 cm³/mol. The zero-order valence-electron chi connectivity index (χ0n) is 12.7. The third-order valence-electron chi connectivity index (χ3n) is 2.96. The molecule has 6 nitrogen and oxygen atoms in total. The molecule has 8 heteroatoms. The fourth-order valence-corrected chi connectivity index (χ4v) is 3.10. The van der Waals surface area contributed by atoms with Crippen molar-refractivity contribution in [3.8, 4) is 0 Å². The molecule has 0 heterocycles. The fourth-order valence-electron chi connectivity index (χ4n) is 1.83. The van der Waals surface area contributed by atoms with Crippen molar-refractivity contribution < 1.29 is 17.9 Å². The lowest BCUT2D eigenvalue weighted by molar-refractivity contribution is -0.116. The van der Waals surface area contributed by atoms with Gasteiger partial charge in [0.2, 0.25) is 15.9 Å². The first kappa shape index (κ1) is 19.1. The number of hydrogen-bond donors (Lipinski definition) is 1. The van der Waals surface area contributed by atoms with Gasteiger partial charge in [-0.15, -0.1) is 0 Å². The molecule has 0 spiro atoms. The third kappa shape index (κ3) is 6.87. The molecule has 0 radical (unpaired) electrons. The molecule has 22 heavy (non-hydrogen) atoms. The quantitative estimate of drug-likeness (QED) is 0.652. The molecule has 1 aromatic rings. The van der Waals surface area contributed by atoms with Crippen LogP contribution >= 0.6 is 15.9 Å². The minimum absolute atomic E-state index is 0.0986. The molecular weight excluding hydrogens is 372 g/mol. The van der Waals surface area contributed by atoms with Crippen LogP contribution in [0.3, 0.4) is 0 Å². The van der Waals surface area contributed by atoms with Crippen molar-refractivity contribution in [2.75, 3.05) is 38.4 Å². The molecule has 0 atom stereocenters. The van der Waals surface area contributed by atoms with Gasteiger partial charge in [0.1, 0.15) is 0 Å². The molecule has 1 aromatic carbocycles. The van der Waals surface area contributed by atoms with Gasteiger partial charge in [0.25, 0.3) is 0 Å². The Hall–Kier alpha value is -0.960. The molecule has 0 aromatic heterocycles. The molecule has 1 rings (SSSR count). The maximum atomic E-state index is 11.9. The molecule has 0 saturated carbocycles. The lowest BCUT2D eigenvalue weighted by Crippen LogP contribution is -2.34. The summed E-state index contributed by atoms with van der Waals surface area (Å²) in [6.45, 7) is 0.975. The molecule has 0 bridgehead atoms. The van der Waals surface area contributed by atoms with Crippen molar-refractivity contribution in [1.29, 1.82) is 0 Å². The number of sulfonamides is 1. The number of halogens is 1. The smallest absolute Gasteiger partial charge is 0.225 e. The molecule has 0 fully saturated rings. The standard InChI is InChI=1S/C14H21BrN2O4S/c1-21-11-5-9-17(22(2,19)20)10-8-14(18)16-13-7-4-3-6-12(13)15/h3-4,6-7H,5,8-11H2,1-2H3,(H,16,18). The maximum Gasteiger partial charge on any atom is 0.225 e. The van der Waals surface area contributed by atoms with Gasteiger partial charge in [0, 0.05) is 37.7 Å². The van der Waals surface area contributed by atoms with Gasteiger partial charge in [0.05, 0.1) is 11.9 Å². The number of methoxy groups -OCH3 is 1. The minimum Gasteiger partial charge on any atom is -0.385 e. The van der Waals surface area contributed by atoms with E-state index in [1.807, 2.05) is 18.2 Å². The van der Waals surface area contributed by atoms with E-state index < -0.39 is 10.0 Å². The number of carbonyl (C=O) groups is 1. The van der Waals surface area contributed by atoms with Gasteiger partial charge in [-0.3, -0.25) is 4.79 Å². The molecule has 0 aliphatic rings. The molecule has 0 aliphatic heterocycles. The van der Waals surface area contributed by atoms with E-state index in [2.05, 4.69) is 21.2 Å². The number of ether oxygens (including phenoxy) is 1. The van der Waals surface area contributed by atoms with Crippen molar-refractivity contribution >= 4 is 37.5 Å². The highest BCUT2D eigenvalue weighted by Gasteiger charge is 2.17. The Bertz CT molecular complexity index is 592. The summed E-state index contributed by atoms with van der Waals surface area (Å²) < 4.78 is 30.4.